The summed E-state index contributed by atoms with van der Waals surface area (Å²) in [6, 6.07) is 14.6. The number of para-hydroxylation sites is 1. The van der Waals surface area contributed by atoms with Gasteiger partial charge in [-0.3, -0.25) is 0 Å². The Labute approximate surface area is 125 Å². The molecule has 3 nitrogen and oxygen atoms in total. The third-order valence-corrected chi connectivity index (χ3v) is 3.35. The van der Waals surface area contributed by atoms with Gasteiger partial charge in [0.25, 0.3) is 0 Å². The molecule has 0 aliphatic carbocycles. The van der Waals surface area contributed by atoms with Crippen molar-refractivity contribution in [1.29, 1.82) is 0 Å². The molecule has 0 radical (unpaired) electrons. The minimum absolute atomic E-state index is 0.281. The summed E-state index contributed by atoms with van der Waals surface area (Å²) in [6.45, 7) is 0.462. The Morgan fingerprint density at radius 2 is 1.79 bits per heavy atom. The lowest BCUT2D eigenvalue weighted by Crippen LogP contribution is -2.28. The lowest BCUT2D eigenvalue weighted by molar-refractivity contribution is 0.251. The topological polar surface area (TPSA) is 41.1 Å². The molecule has 0 aliphatic heterocycles. The molecular weight excluding hydrogens is 328 g/mol. The van der Waals surface area contributed by atoms with E-state index in [-0.39, 0.29) is 6.03 Å². The zero-order chi connectivity index (χ0) is 13.7. The van der Waals surface area contributed by atoms with Crippen molar-refractivity contribution in [3.8, 4) is 0 Å². The van der Waals surface area contributed by atoms with Crippen molar-refractivity contribution in [2.75, 3.05) is 5.32 Å². The van der Waals surface area contributed by atoms with E-state index in [0.717, 1.165) is 10.0 Å². The molecule has 0 saturated heterocycles. The van der Waals surface area contributed by atoms with Crippen LogP contribution in [0.3, 0.4) is 0 Å². The Morgan fingerprint density at radius 1 is 1.11 bits per heavy atom. The van der Waals surface area contributed by atoms with Crippen LogP contribution >= 0.6 is 27.5 Å². The van der Waals surface area contributed by atoms with Gasteiger partial charge >= 0.3 is 6.03 Å². The van der Waals surface area contributed by atoms with E-state index in [1.165, 1.54) is 0 Å². The van der Waals surface area contributed by atoms with E-state index >= 15 is 0 Å². The normalized spacial score (nSPS) is 10.0. The number of hydrogen-bond donors (Lipinski definition) is 2. The molecule has 2 rings (SSSR count). The summed E-state index contributed by atoms with van der Waals surface area (Å²) in [5.74, 6) is 0. The van der Waals surface area contributed by atoms with Crippen LogP contribution in [0.25, 0.3) is 0 Å². The maximum atomic E-state index is 11.7. The summed E-state index contributed by atoms with van der Waals surface area (Å²) < 4.78 is 1.01. The molecule has 2 aromatic rings. The molecule has 19 heavy (non-hydrogen) atoms. The number of anilines is 1. The Balaban J connectivity index is 1.88. The maximum absolute atomic E-state index is 11.7. The van der Waals surface area contributed by atoms with Crippen LogP contribution < -0.4 is 10.6 Å². The van der Waals surface area contributed by atoms with Gasteiger partial charge in [-0.25, -0.2) is 4.79 Å². The van der Waals surface area contributed by atoms with Gasteiger partial charge in [0.2, 0.25) is 0 Å². The molecule has 2 N–H and O–H groups in total. The number of rotatable bonds is 3. The quantitative estimate of drug-likeness (QED) is 0.853. The predicted octanol–water partition coefficient (Wildman–Crippen LogP) is 4.42. The van der Waals surface area contributed by atoms with Crippen LogP contribution in [0.1, 0.15) is 5.56 Å². The van der Waals surface area contributed by atoms with Gasteiger partial charge in [0.1, 0.15) is 0 Å². The first-order valence-corrected chi connectivity index (χ1v) is 6.86. The van der Waals surface area contributed by atoms with E-state index in [9.17, 15) is 4.79 Å². The average molecular weight is 340 g/mol. The molecule has 0 saturated carbocycles. The molecule has 0 bridgehead atoms. The number of carbonyl (C=O) groups is 1. The van der Waals surface area contributed by atoms with Crippen molar-refractivity contribution in [1.82, 2.24) is 5.32 Å². The summed E-state index contributed by atoms with van der Waals surface area (Å²) in [6.07, 6.45) is 0. The standard InChI is InChI=1S/C14H12BrClN2O/c15-11-7-5-10(6-8-11)9-17-14(19)18-13-4-2-1-3-12(13)16/h1-8H,9H2,(H2,17,18,19). The number of amides is 2. The van der Waals surface area contributed by atoms with Gasteiger partial charge in [0.05, 0.1) is 10.7 Å². The van der Waals surface area contributed by atoms with Crippen molar-refractivity contribution in [3.63, 3.8) is 0 Å². The van der Waals surface area contributed by atoms with E-state index < -0.39 is 0 Å². The molecule has 0 unspecified atom stereocenters. The molecule has 0 spiro atoms. The third-order valence-electron chi connectivity index (χ3n) is 2.49. The minimum atomic E-state index is -0.281. The van der Waals surface area contributed by atoms with Crippen molar-refractivity contribution >= 4 is 39.2 Å². The van der Waals surface area contributed by atoms with Gasteiger partial charge in [0, 0.05) is 11.0 Å². The average Bonchev–Trinajstić information content (AvgIpc) is 2.41. The van der Waals surface area contributed by atoms with Crippen molar-refractivity contribution in [2.45, 2.75) is 6.54 Å². The van der Waals surface area contributed by atoms with Crippen LogP contribution in [0.5, 0.6) is 0 Å². The van der Waals surface area contributed by atoms with Gasteiger partial charge in [-0.1, -0.05) is 51.8 Å². The van der Waals surface area contributed by atoms with Crippen molar-refractivity contribution in [3.05, 3.63) is 63.6 Å². The zero-order valence-corrected chi connectivity index (χ0v) is 12.3. The summed E-state index contributed by atoms with van der Waals surface area (Å²) in [5, 5.41) is 5.99. The molecule has 5 heteroatoms. The van der Waals surface area contributed by atoms with Crippen LogP contribution in [0, 0.1) is 0 Å². The minimum Gasteiger partial charge on any atom is -0.334 e. The van der Waals surface area contributed by atoms with E-state index in [4.69, 9.17) is 11.6 Å². The molecule has 0 aromatic heterocycles. The molecule has 98 valence electrons. The maximum Gasteiger partial charge on any atom is 0.319 e. The van der Waals surface area contributed by atoms with Crippen LogP contribution in [-0.4, -0.2) is 6.03 Å². The molecule has 2 aromatic carbocycles. The van der Waals surface area contributed by atoms with Crippen LogP contribution in [0.2, 0.25) is 5.02 Å². The second kappa shape index (κ2) is 6.59. The number of nitrogens with one attached hydrogen (secondary N) is 2. The van der Waals surface area contributed by atoms with E-state index in [2.05, 4.69) is 26.6 Å². The highest BCUT2D eigenvalue weighted by atomic mass is 79.9. The number of hydrogen-bond acceptors (Lipinski definition) is 1. The summed E-state index contributed by atoms with van der Waals surface area (Å²) >= 11 is 9.32. The van der Waals surface area contributed by atoms with Gasteiger partial charge in [0.15, 0.2) is 0 Å². The summed E-state index contributed by atoms with van der Waals surface area (Å²) in [7, 11) is 0. The van der Waals surface area contributed by atoms with Crippen molar-refractivity contribution in [2.24, 2.45) is 0 Å². The Hall–Kier alpha value is -1.52. The number of urea groups is 1. The fraction of sp³-hybridized carbons (Fsp3) is 0.0714. The summed E-state index contributed by atoms with van der Waals surface area (Å²) in [5.41, 5.74) is 1.62. The van der Waals surface area contributed by atoms with Gasteiger partial charge in [-0.15, -0.1) is 0 Å². The van der Waals surface area contributed by atoms with Gasteiger partial charge in [-0.05, 0) is 29.8 Å². The highest BCUT2D eigenvalue weighted by Gasteiger charge is 2.04. The molecular formula is C14H12BrClN2O. The van der Waals surface area contributed by atoms with E-state index in [1.807, 2.05) is 36.4 Å². The Bertz CT molecular complexity index is 572. The first-order chi connectivity index (χ1) is 9.15. The van der Waals surface area contributed by atoms with Crippen LogP contribution in [0.15, 0.2) is 53.0 Å². The van der Waals surface area contributed by atoms with Crippen LogP contribution in [-0.2, 0) is 6.54 Å². The lowest BCUT2D eigenvalue weighted by Gasteiger charge is -2.09. The molecule has 0 heterocycles. The van der Waals surface area contributed by atoms with Crippen LogP contribution in [0.4, 0.5) is 10.5 Å². The van der Waals surface area contributed by atoms with E-state index in [0.29, 0.717) is 17.3 Å². The Morgan fingerprint density at radius 3 is 2.47 bits per heavy atom. The smallest absolute Gasteiger partial charge is 0.319 e. The molecule has 0 atom stereocenters. The first-order valence-electron chi connectivity index (χ1n) is 5.69. The molecule has 0 fully saturated rings. The lowest BCUT2D eigenvalue weighted by atomic mass is 10.2. The predicted molar refractivity (Wildman–Crippen MR) is 81.5 cm³/mol. The second-order valence-corrected chi connectivity index (χ2v) is 5.24. The number of halogens is 2. The fourth-order valence-corrected chi connectivity index (χ4v) is 1.96. The first kappa shape index (κ1) is 13.9. The highest BCUT2D eigenvalue weighted by molar-refractivity contribution is 9.10. The summed E-state index contributed by atoms with van der Waals surface area (Å²) in [4.78, 5) is 11.7. The SMILES string of the molecule is O=C(NCc1ccc(Br)cc1)Nc1ccccc1Cl. The second-order valence-electron chi connectivity index (χ2n) is 3.91. The van der Waals surface area contributed by atoms with Crippen molar-refractivity contribution < 1.29 is 4.79 Å². The monoisotopic (exact) mass is 338 g/mol. The number of benzene rings is 2. The largest absolute Gasteiger partial charge is 0.334 e. The third kappa shape index (κ3) is 4.26. The number of carbonyl (C=O) groups excluding carboxylic acids is 1. The molecule has 2 amide bonds. The van der Waals surface area contributed by atoms with Gasteiger partial charge < -0.3 is 10.6 Å². The zero-order valence-electron chi connectivity index (χ0n) is 9.99. The fourth-order valence-electron chi connectivity index (χ4n) is 1.51. The Kier molecular flexibility index (Phi) is 4.82. The molecule has 0 aliphatic rings. The highest BCUT2D eigenvalue weighted by Crippen LogP contribution is 2.20. The van der Waals surface area contributed by atoms with Gasteiger partial charge in [-0.2, -0.15) is 0 Å². The van der Waals surface area contributed by atoms with E-state index in [1.54, 1.807) is 12.1 Å².